The standard InChI is InChI=1S/C14H12F3NO3/c1-8-6-12(9(2)20-8)13(19)18-10-4-3-5-11(7-10)21-14(15,16)17/h3-7H,1-2H3,(H,18,19). The van der Waals surface area contributed by atoms with E-state index in [9.17, 15) is 18.0 Å². The van der Waals surface area contributed by atoms with Crippen LogP contribution in [0.2, 0.25) is 0 Å². The van der Waals surface area contributed by atoms with Gasteiger partial charge in [0.2, 0.25) is 0 Å². The minimum atomic E-state index is -4.78. The Morgan fingerprint density at radius 2 is 1.95 bits per heavy atom. The Balaban J connectivity index is 2.14. The van der Waals surface area contributed by atoms with Crippen molar-refractivity contribution in [3.05, 3.63) is 47.4 Å². The van der Waals surface area contributed by atoms with Gasteiger partial charge in [-0.25, -0.2) is 0 Å². The van der Waals surface area contributed by atoms with Crippen LogP contribution in [0.1, 0.15) is 21.9 Å². The van der Waals surface area contributed by atoms with E-state index in [1.54, 1.807) is 19.9 Å². The van der Waals surface area contributed by atoms with Gasteiger partial charge < -0.3 is 14.5 Å². The quantitative estimate of drug-likeness (QED) is 0.930. The Morgan fingerprint density at radius 3 is 2.52 bits per heavy atom. The number of rotatable bonds is 3. The molecule has 4 nitrogen and oxygen atoms in total. The average Bonchev–Trinajstić information content (AvgIpc) is 2.66. The van der Waals surface area contributed by atoms with E-state index in [0.29, 0.717) is 17.1 Å². The monoisotopic (exact) mass is 299 g/mol. The van der Waals surface area contributed by atoms with Crippen molar-refractivity contribution in [2.24, 2.45) is 0 Å². The molecule has 0 bridgehead atoms. The van der Waals surface area contributed by atoms with E-state index in [1.165, 1.54) is 12.1 Å². The third-order valence-corrected chi connectivity index (χ3v) is 2.61. The van der Waals surface area contributed by atoms with Crippen molar-refractivity contribution in [2.45, 2.75) is 20.2 Å². The van der Waals surface area contributed by atoms with Crippen molar-refractivity contribution in [1.82, 2.24) is 0 Å². The van der Waals surface area contributed by atoms with Gasteiger partial charge >= 0.3 is 6.36 Å². The second-order valence-corrected chi connectivity index (χ2v) is 4.36. The van der Waals surface area contributed by atoms with Crippen LogP contribution in [0.25, 0.3) is 0 Å². The molecule has 0 saturated carbocycles. The SMILES string of the molecule is Cc1cc(C(=O)Nc2cccc(OC(F)(F)F)c2)c(C)o1. The lowest BCUT2D eigenvalue weighted by atomic mass is 10.2. The molecule has 0 aliphatic heterocycles. The minimum Gasteiger partial charge on any atom is -0.466 e. The highest BCUT2D eigenvalue weighted by molar-refractivity contribution is 6.05. The van der Waals surface area contributed by atoms with Gasteiger partial charge in [0.15, 0.2) is 0 Å². The van der Waals surface area contributed by atoms with E-state index >= 15 is 0 Å². The van der Waals surface area contributed by atoms with E-state index in [-0.39, 0.29) is 5.69 Å². The van der Waals surface area contributed by atoms with Crippen LogP contribution in [-0.2, 0) is 0 Å². The first kappa shape index (κ1) is 15.0. The lowest BCUT2D eigenvalue weighted by Gasteiger charge is -2.10. The number of amides is 1. The smallest absolute Gasteiger partial charge is 0.466 e. The molecule has 0 spiro atoms. The number of benzene rings is 1. The predicted octanol–water partition coefficient (Wildman–Crippen LogP) is 4.05. The lowest BCUT2D eigenvalue weighted by Crippen LogP contribution is -2.17. The molecule has 21 heavy (non-hydrogen) atoms. The fourth-order valence-electron chi connectivity index (χ4n) is 1.83. The molecule has 0 saturated heterocycles. The third-order valence-electron chi connectivity index (χ3n) is 2.61. The van der Waals surface area contributed by atoms with Crippen LogP contribution >= 0.6 is 0 Å². The molecule has 2 aromatic rings. The van der Waals surface area contributed by atoms with Crippen molar-refractivity contribution in [3.8, 4) is 5.75 Å². The zero-order valence-electron chi connectivity index (χ0n) is 11.2. The van der Waals surface area contributed by atoms with Gasteiger partial charge in [-0.05, 0) is 32.0 Å². The molecular formula is C14H12F3NO3. The molecule has 7 heteroatoms. The fourth-order valence-corrected chi connectivity index (χ4v) is 1.83. The summed E-state index contributed by atoms with van der Waals surface area (Å²) in [6.45, 7) is 3.33. The molecule has 1 heterocycles. The van der Waals surface area contributed by atoms with E-state index in [2.05, 4.69) is 10.1 Å². The van der Waals surface area contributed by atoms with Crippen molar-refractivity contribution in [1.29, 1.82) is 0 Å². The van der Waals surface area contributed by atoms with Crippen molar-refractivity contribution in [3.63, 3.8) is 0 Å². The van der Waals surface area contributed by atoms with Gasteiger partial charge in [0.1, 0.15) is 17.3 Å². The maximum absolute atomic E-state index is 12.1. The van der Waals surface area contributed by atoms with Crippen LogP contribution in [0, 0.1) is 13.8 Å². The summed E-state index contributed by atoms with van der Waals surface area (Å²) in [5, 5.41) is 2.49. The summed E-state index contributed by atoms with van der Waals surface area (Å²) >= 11 is 0. The molecule has 0 aliphatic carbocycles. The molecular weight excluding hydrogens is 287 g/mol. The summed E-state index contributed by atoms with van der Waals surface area (Å²) in [5.74, 6) is 0.147. The maximum Gasteiger partial charge on any atom is 0.573 e. The van der Waals surface area contributed by atoms with Crippen LogP contribution in [0.4, 0.5) is 18.9 Å². The molecule has 0 aliphatic rings. The maximum atomic E-state index is 12.1. The first-order valence-corrected chi connectivity index (χ1v) is 5.99. The van der Waals surface area contributed by atoms with Gasteiger partial charge in [-0.3, -0.25) is 4.79 Å². The molecule has 0 radical (unpaired) electrons. The number of carbonyl (C=O) groups is 1. The van der Waals surface area contributed by atoms with E-state index < -0.39 is 18.0 Å². The Morgan fingerprint density at radius 1 is 1.24 bits per heavy atom. The van der Waals surface area contributed by atoms with Crippen LogP contribution < -0.4 is 10.1 Å². The minimum absolute atomic E-state index is 0.194. The van der Waals surface area contributed by atoms with Crippen molar-refractivity contribution < 1.29 is 27.1 Å². The largest absolute Gasteiger partial charge is 0.573 e. The van der Waals surface area contributed by atoms with Gasteiger partial charge in [0.25, 0.3) is 5.91 Å². The number of aryl methyl sites for hydroxylation is 2. The molecule has 1 amide bonds. The van der Waals surface area contributed by atoms with Crippen molar-refractivity contribution in [2.75, 3.05) is 5.32 Å². The van der Waals surface area contributed by atoms with Gasteiger partial charge in [-0.15, -0.1) is 13.2 Å². The number of carbonyl (C=O) groups excluding carboxylic acids is 1. The number of nitrogens with one attached hydrogen (secondary N) is 1. The summed E-state index contributed by atoms with van der Waals surface area (Å²) in [6.07, 6.45) is -4.78. The normalized spacial score (nSPS) is 11.3. The van der Waals surface area contributed by atoms with Gasteiger partial charge in [-0.1, -0.05) is 6.07 Å². The highest BCUT2D eigenvalue weighted by Crippen LogP contribution is 2.25. The van der Waals surface area contributed by atoms with Gasteiger partial charge in [-0.2, -0.15) is 0 Å². The summed E-state index contributed by atoms with van der Waals surface area (Å²) in [6, 6.07) is 6.61. The molecule has 2 rings (SSSR count). The zero-order chi connectivity index (χ0) is 15.6. The second-order valence-electron chi connectivity index (χ2n) is 4.36. The van der Waals surface area contributed by atoms with E-state index in [0.717, 1.165) is 12.1 Å². The topological polar surface area (TPSA) is 51.5 Å². The predicted molar refractivity (Wildman–Crippen MR) is 69.3 cm³/mol. The molecule has 0 unspecified atom stereocenters. The Labute approximate surface area is 118 Å². The molecule has 1 N–H and O–H groups in total. The Kier molecular flexibility index (Phi) is 3.93. The number of alkyl halides is 3. The zero-order valence-corrected chi connectivity index (χ0v) is 11.2. The number of hydrogen-bond donors (Lipinski definition) is 1. The van der Waals surface area contributed by atoms with Crippen LogP contribution in [0.5, 0.6) is 5.75 Å². The second kappa shape index (κ2) is 5.51. The number of furan rings is 1. The average molecular weight is 299 g/mol. The number of halogens is 3. The van der Waals surface area contributed by atoms with Gasteiger partial charge in [0.05, 0.1) is 5.56 Å². The van der Waals surface area contributed by atoms with E-state index in [4.69, 9.17) is 4.42 Å². The molecule has 0 fully saturated rings. The van der Waals surface area contributed by atoms with Crippen LogP contribution in [0.15, 0.2) is 34.7 Å². The van der Waals surface area contributed by atoms with Gasteiger partial charge in [0, 0.05) is 11.8 Å². The summed E-state index contributed by atoms with van der Waals surface area (Å²) in [4.78, 5) is 12.0. The summed E-state index contributed by atoms with van der Waals surface area (Å²) in [7, 11) is 0. The van der Waals surface area contributed by atoms with Crippen molar-refractivity contribution >= 4 is 11.6 Å². The first-order valence-electron chi connectivity index (χ1n) is 5.99. The van der Waals surface area contributed by atoms with Crippen LogP contribution in [-0.4, -0.2) is 12.3 Å². The molecule has 112 valence electrons. The fraction of sp³-hybridized carbons (Fsp3) is 0.214. The van der Waals surface area contributed by atoms with E-state index in [1.807, 2.05) is 0 Å². The van der Waals surface area contributed by atoms with Crippen LogP contribution in [0.3, 0.4) is 0 Å². The first-order chi connectivity index (χ1) is 9.74. The Bertz CT molecular complexity index is 662. The summed E-state index contributed by atoms with van der Waals surface area (Å²) in [5.41, 5.74) is 0.523. The number of ether oxygens (including phenoxy) is 1. The number of anilines is 1. The molecule has 0 atom stereocenters. The lowest BCUT2D eigenvalue weighted by molar-refractivity contribution is -0.274. The third kappa shape index (κ3) is 4.01. The number of hydrogen-bond acceptors (Lipinski definition) is 3. The highest BCUT2D eigenvalue weighted by Gasteiger charge is 2.31. The highest BCUT2D eigenvalue weighted by atomic mass is 19.4. The Hall–Kier alpha value is -2.44. The molecule has 1 aromatic heterocycles. The molecule has 1 aromatic carbocycles. The summed E-state index contributed by atoms with van der Waals surface area (Å²) < 4.78 is 45.4.